The topological polar surface area (TPSA) is 43.4 Å². The summed E-state index contributed by atoms with van der Waals surface area (Å²) in [5.74, 6) is 0. The molecule has 0 radical (unpaired) electrons. The minimum Gasteiger partial charge on any atom is -0.124 e. The second-order valence-corrected chi connectivity index (χ2v) is 16.3. The van der Waals surface area contributed by atoms with Crippen LogP contribution in [0.4, 0.5) is 0 Å². The lowest BCUT2D eigenvalue weighted by Crippen LogP contribution is -2.37. The highest BCUT2D eigenvalue weighted by atomic mass is 79.9. The van der Waals surface area contributed by atoms with E-state index in [-0.39, 0.29) is 0 Å². The summed E-state index contributed by atoms with van der Waals surface area (Å²) in [6, 6.07) is 64.8. The molecule has 0 saturated heterocycles. The lowest BCUT2D eigenvalue weighted by molar-refractivity contribution is -0.724. The van der Waals surface area contributed by atoms with Crippen LogP contribution in [0.3, 0.4) is 0 Å². The van der Waals surface area contributed by atoms with Gasteiger partial charge in [-0.2, -0.15) is 0 Å². The molecule has 2 aromatic heterocycles. The molecule has 8 heteroatoms. The Hall–Kier alpha value is -6.48. The molecule has 7 aliphatic heterocycles. The molecule has 17 rings (SSSR count). The quantitative estimate of drug-likeness (QED) is 0.142. The zero-order valence-electron chi connectivity index (χ0n) is 31.2. The molecule has 276 valence electrons. The Kier molecular flexibility index (Phi) is 8.49. The third kappa shape index (κ3) is 5.99. The molecule has 8 aromatic carbocycles. The van der Waals surface area contributed by atoms with Gasteiger partial charge in [-0.1, -0.05) is 143 Å². The Labute approximate surface area is 352 Å². The van der Waals surface area contributed by atoms with Crippen LogP contribution in [0.25, 0.3) is 77.9 Å². The maximum Gasteiger partial charge on any atom is 0.204 e. The summed E-state index contributed by atoms with van der Waals surface area (Å²) >= 11 is 7.99. The normalized spacial score (nSPS) is 12.2. The van der Waals surface area contributed by atoms with Crippen molar-refractivity contribution in [2.24, 2.45) is 0 Å². The SMILES string of the molecule is Brc1c2cccc1-c1ccc(cc1)C[n+]1nn(c3ccccc31)-c1ccc(cc1)-c1cccc(c1Br)-c1ccc(cc1)-n1n[n+](c3ccccc31)Cc1ccc-2cc1. The summed E-state index contributed by atoms with van der Waals surface area (Å²) in [7, 11) is 0. The molecule has 6 nitrogen and oxygen atoms in total. The van der Waals surface area contributed by atoms with Crippen LogP contribution in [0.1, 0.15) is 11.1 Å². The molecule has 0 N–H and O–H groups in total. The molecule has 0 amide bonds. The van der Waals surface area contributed by atoms with Crippen molar-refractivity contribution in [3.05, 3.63) is 202 Å². The zero-order chi connectivity index (χ0) is 38.7. The first-order chi connectivity index (χ1) is 28.6. The van der Waals surface area contributed by atoms with E-state index in [1.54, 1.807) is 0 Å². The third-order valence-corrected chi connectivity index (χ3v) is 12.9. The number of hydrogen-bond donors (Lipinski definition) is 0. The third-order valence-electron chi connectivity index (χ3n) is 11.2. The van der Waals surface area contributed by atoms with Crippen LogP contribution in [-0.2, 0) is 13.1 Å². The van der Waals surface area contributed by atoms with Crippen molar-refractivity contribution in [1.82, 2.24) is 19.8 Å². The van der Waals surface area contributed by atoms with Crippen molar-refractivity contribution in [3.63, 3.8) is 0 Å². The highest BCUT2D eigenvalue weighted by molar-refractivity contribution is 9.11. The minimum atomic E-state index is 0.647. The Balaban J connectivity index is 1.05. The Morgan fingerprint density at radius 2 is 0.690 bits per heavy atom. The summed E-state index contributed by atoms with van der Waals surface area (Å²) in [6.45, 7) is 1.29. The average molecular weight is 879 g/mol. The van der Waals surface area contributed by atoms with Gasteiger partial charge < -0.3 is 0 Å². The van der Waals surface area contributed by atoms with Crippen molar-refractivity contribution in [3.8, 4) is 55.9 Å². The first kappa shape index (κ1) is 34.7. The van der Waals surface area contributed by atoms with Gasteiger partial charge in [0.05, 0.1) is 10.4 Å². The summed E-state index contributed by atoms with van der Waals surface area (Å²) in [4.78, 5) is 0. The van der Waals surface area contributed by atoms with E-state index in [1.165, 1.54) is 11.1 Å². The number of benzene rings is 8. The lowest BCUT2D eigenvalue weighted by atomic mass is 9.97. The average Bonchev–Trinajstić information content (AvgIpc) is 3.83. The molecule has 0 unspecified atom stereocenters. The number of halogens is 2. The lowest BCUT2D eigenvalue weighted by Gasteiger charge is -2.11. The predicted molar refractivity (Wildman–Crippen MR) is 238 cm³/mol. The van der Waals surface area contributed by atoms with Gasteiger partial charge in [0.25, 0.3) is 0 Å². The maximum absolute atomic E-state index is 5.13. The van der Waals surface area contributed by atoms with Crippen LogP contribution in [0.15, 0.2) is 191 Å². The molecular weight excluding hydrogens is 844 g/mol. The fourth-order valence-corrected chi connectivity index (χ4v) is 9.64. The van der Waals surface area contributed by atoms with Crippen molar-refractivity contribution < 1.29 is 9.36 Å². The smallest absolute Gasteiger partial charge is 0.124 e. The fourth-order valence-electron chi connectivity index (χ4n) is 8.19. The van der Waals surface area contributed by atoms with E-state index in [0.29, 0.717) is 13.1 Å². The molecule has 0 fully saturated rings. The van der Waals surface area contributed by atoms with Gasteiger partial charge in [0.1, 0.15) is 13.1 Å². The fraction of sp³-hybridized carbons (Fsp3) is 0.0400. The van der Waals surface area contributed by atoms with E-state index in [0.717, 1.165) is 86.9 Å². The number of hydrogen-bond acceptors (Lipinski definition) is 2. The summed E-state index contributed by atoms with van der Waals surface area (Å²) in [6.07, 6.45) is 0. The van der Waals surface area contributed by atoms with E-state index >= 15 is 0 Å². The van der Waals surface area contributed by atoms with Gasteiger partial charge in [-0.25, -0.2) is 0 Å². The van der Waals surface area contributed by atoms with Gasteiger partial charge in [0.15, 0.2) is 22.4 Å². The maximum atomic E-state index is 5.13. The molecule has 7 aliphatic rings. The molecule has 0 atom stereocenters. The Bertz CT molecular complexity index is 2960. The van der Waals surface area contributed by atoms with E-state index in [2.05, 4.69) is 223 Å². The summed E-state index contributed by atoms with van der Waals surface area (Å²) < 4.78 is 10.4. The van der Waals surface area contributed by atoms with Crippen LogP contribution in [0.2, 0.25) is 0 Å². The number of aromatic nitrogens is 6. The number of rotatable bonds is 0. The molecule has 0 spiro atoms. The van der Waals surface area contributed by atoms with Crippen LogP contribution in [0.5, 0.6) is 0 Å². The van der Waals surface area contributed by atoms with Crippen LogP contribution < -0.4 is 9.36 Å². The first-order valence-corrected chi connectivity index (χ1v) is 20.9. The molecule has 58 heavy (non-hydrogen) atoms. The highest BCUT2D eigenvalue weighted by Gasteiger charge is 2.22. The largest absolute Gasteiger partial charge is 0.204 e. The van der Waals surface area contributed by atoms with Gasteiger partial charge in [0, 0.05) is 8.95 Å². The van der Waals surface area contributed by atoms with E-state index in [1.807, 2.05) is 9.36 Å². The highest BCUT2D eigenvalue weighted by Crippen LogP contribution is 2.39. The van der Waals surface area contributed by atoms with Crippen molar-refractivity contribution >= 4 is 53.9 Å². The monoisotopic (exact) mass is 876 g/mol. The van der Waals surface area contributed by atoms with Crippen LogP contribution in [0, 0.1) is 0 Å². The zero-order valence-corrected chi connectivity index (χ0v) is 34.3. The molecule has 0 saturated carbocycles. The van der Waals surface area contributed by atoms with Gasteiger partial charge in [-0.3, -0.25) is 0 Å². The molecule has 10 aromatic rings. The van der Waals surface area contributed by atoms with Gasteiger partial charge in [-0.15, -0.1) is 9.36 Å². The standard InChI is InChI=1S/C50H34Br2N6/c51-49-41-7-5-8-42(49)36-21-17-34(18-22-36)32-56-46-12-2-4-14-48(46)58(54-56)40-29-25-38(26-30-40)44-10-6-9-43(50(44)52)37-23-27-39(28-24-37)57-47-13-3-1-11-45(47)55(53-57)31-33-15-19-35(41)20-16-33/h1-30H,31-32H2/q+2. The molecular formula is C50H34Br2N6+2. The molecule has 9 heterocycles. The molecule has 0 aliphatic carbocycles. The Morgan fingerprint density at radius 3 is 1.05 bits per heavy atom. The van der Waals surface area contributed by atoms with E-state index in [9.17, 15) is 0 Å². The number of para-hydroxylation sites is 4. The van der Waals surface area contributed by atoms with Crippen molar-refractivity contribution in [2.75, 3.05) is 0 Å². The summed E-state index contributed by atoms with van der Waals surface area (Å²) in [5, 5.41) is 10.3. The van der Waals surface area contributed by atoms with Crippen molar-refractivity contribution in [2.45, 2.75) is 13.1 Å². The van der Waals surface area contributed by atoms with Gasteiger partial charge in [-0.05, 0) is 136 Å². The second kappa shape index (κ2) is 14.2. The Morgan fingerprint density at radius 1 is 0.362 bits per heavy atom. The van der Waals surface area contributed by atoms with Crippen molar-refractivity contribution in [1.29, 1.82) is 0 Å². The van der Waals surface area contributed by atoms with E-state index in [4.69, 9.17) is 10.4 Å². The van der Waals surface area contributed by atoms with Crippen LogP contribution >= 0.6 is 31.9 Å². The van der Waals surface area contributed by atoms with Crippen LogP contribution in [-0.4, -0.2) is 19.8 Å². The minimum absolute atomic E-state index is 0.647. The summed E-state index contributed by atoms with van der Waals surface area (Å²) in [5.41, 5.74) is 17.7. The second-order valence-electron chi connectivity index (χ2n) is 14.7. The van der Waals surface area contributed by atoms with E-state index < -0.39 is 0 Å². The first-order valence-electron chi connectivity index (χ1n) is 19.3. The predicted octanol–water partition coefficient (Wildman–Crippen LogP) is 11.5. The number of fused-ring (bicyclic) bond motifs is 2. The number of nitrogens with zero attached hydrogens (tertiary/aromatic N) is 6. The van der Waals surface area contributed by atoms with Gasteiger partial charge >= 0.3 is 0 Å². The van der Waals surface area contributed by atoms with Gasteiger partial charge in [0.2, 0.25) is 11.0 Å². The molecule has 16 bridgehead atoms.